The van der Waals surface area contributed by atoms with Crippen molar-refractivity contribution >= 4 is 11.7 Å². The predicted molar refractivity (Wildman–Crippen MR) is 75.0 cm³/mol. The van der Waals surface area contributed by atoms with Gasteiger partial charge in [-0.1, -0.05) is 19.3 Å². The number of furan rings is 1. The van der Waals surface area contributed by atoms with E-state index in [9.17, 15) is 9.59 Å². The van der Waals surface area contributed by atoms with E-state index in [0.29, 0.717) is 23.3 Å². The van der Waals surface area contributed by atoms with Gasteiger partial charge in [0.25, 0.3) is 5.91 Å². The first-order chi connectivity index (χ1) is 9.77. The van der Waals surface area contributed by atoms with Crippen LogP contribution in [-0.4, -0.2) is 29.7 Å². The van der Waals surface area contributed by atoms with Crippen LogP contribution in [-0.2, 0) is 6.42 Å². The Kier molecular flexibility index (Phi) is 3.90. The van der Waals surface area contributed by atoms with Gasteiger partial charge in [0, 0.05) is 25.9 Å². The highest BCUT2D eigenvalue weighted by Gasteiger charge is 2.30. The number of aryl methyl sites for hydroxylation is 1. The van der Waals surface area contributed by atoms with Gasteiger partial charge < -0.3 is 9.32 Å². The van der Waals surface area contributed by atoms with Gasteiger partial charge in [-0.05, 0) is 19.3 Å². The summed E-state index contributed by atoms with van der Waals surface area (Å²) in [7, 11) is 0. The molecule has 4 heteroatoms. The number of carbonyl (C=O) groups excluding carboxylic acids is 2. The van der Waals surface area contributed by atoms with Crippen molar-refractivity contribution in [2.24, 2.45) is 0 Å². The van der Waals surface area contributed by atoms with Crippen molar-refractivity contribution in [2.75, 3.05) is 13.1 Å². The molecule has 1 aromatic heterocycles. The zero-order valence-electron chi connectivity index (χ0n) is 11.8. The second kappa shape index (κ2) is 5.81. The van der Waals surface area contributed by atoms with Crippen LogP contribution in [0.4, 0.5) is 0 Å². The van der Waals surface area contributed by atoms with Gasteiger partial charge in [0.1, 0.15) is 12.0 Å². The third kappa shape index (κ3) is 2.51. The highest BCUT2D eigenvalue weighted by molar-refractivity contribution is 6.09. The molecule has 1 amide bonds. The molecule has 0 N–H and O–H groups in total. The number of rotatable bonds is 1. The van der Waals surface area contributed by atoms with Gasteiger partial charge in [-0.15, -0.1) is 0 Å². The monoisotopic (exact) mass is 275 g/mol. The lowest BCUT2D eigenvalue weighted by Gasteiger charge is -2.24. The molecule has 1 fully saturated rings. The summed E-state index contributed by atoms with van der Waals surface area (Å²) in [4.78, 5) is 26.6. The zero-order chi connectivity index (χ0) is 13.9. The highest BCUT2D eigenvalue weighted by atomic mass is 16.3. The first-order valence-corrected chi connectivity index (χ1v) is 7.70. The summed E-state index contributed by atoms with van der Waals surface area (Å²) in [6.07, 6.45) is 9.38. The Morgan fingerprint density at radius 2 is 1.70 bits per heavy atom. The lowest BCUT2D eigenvalue weighted by molar-refractivity contribution is 0.0736. The number of hydrogen-bond donors (Lipinski definition) is 0. The van der Waals surface area contributed by atoms with Crippen LogP contribution in [0.2, 0.25) is 0 Å². The Bertz CT molecular complexity index is 510. The van der Waals surface area contributed by atoms with Gasteiger partial charge in [-0.3, -0.25) is 9.59 Å². The molecule has 1 aliphatic heterocycles. The van der Waals surface area contributed by atoms with E-state index in [-0.39, 0.29) is 11.7 Å². The second-order valence-electron chi connectivity index (χ2n) is 5.78. The molecule has 0 saturated carbocycles. The molecule has 2 aliphatic rings. The van der Waals surface area contributed by atoms with Crippen LogP contribution in [0.25, 0.3) is 0 Å². The Hall–Kier alpha value is -1.58. The standard InChI is InChI=1S/C16H21NO3/c18-13-7-6-8-14-15(13)12(11-20-14)16(19)17-9-4-2-1-3-5-10-17/h11H,1-10H2. The van der Waals surface area contributed by atoms with Gasteiger partial charge >= 0.3 is 0 Å². The maximum atomic E-state index is 12.7. The first kappa shape index (κ1) is 13.4. The summed E-state index contributed by atoms with van der Waals surface area (Å²) < 4.78 is 5.46. The maximum absolute atomic E-state index is 12.7. The fourth-order valence-corrected chi connectivity index (χ4v) is 3.20. The lowest BCUT2D eigenvalue weighted by Crippen LogP contribution is -2.34. The average Bonchev–Trinajstić information content (AvgIpc) is 2.83. The van der Waals surface area contributed by atoms with Gasteiger partial charge in [-0.2, -0.15) is 0 Å². The van der Waals surface area contributed by atoms with Crippen LogP contribution in [0.1, 0.15) is 71.4 Å². The third-order valence-electron chi connectivity index (χ3n) is 4.33. The quantitative estimate of drug-likeness (QED) is 0.790. The minimum absolute atomic E-state index is 0.0212. The molecule has 108 valence electrons. The molecule has 0 radical (unpaired) electrons. The normalized spacial score (nSPS) is 20.2. The van der Waals surface area contributed by atoms with E-state index in [4.69, 9.17) is 4.42 Å². The number of nitrogens with zero attached hydrogens (tertiary/aromatic N) is 1. The van der Waals surface area contributed by atoms with Crippen molar-refractivity contribution in [3.8, 4) is 0 Å². The SMILES string of the molecule is O=C1CCCc2occ(C(=O)N3CCCCCCC3)c21. The Labute approximate surface area is 119 Å². The Morgan fingerprint density at radius 1 is 1.00 bits per heavy atom. The van der Waals surface area contributed by atoms with Crippen molar-refractivity contribution < 1.29 is 14.0 Å². The molecule has 1 saturated heterocycles. The van der Waals surface area contributed by atoms with Crippen LogP contribution in [0.15, 0.2) is 10.7 Å². The highest BCUT2D eigenvalue weighted by Crippen LogP contribution is 2.27. The predicted octanol–water partition coefficient (Wildman–Crippen LogP) is 3.20. The number of carbonyl (C=O) groups is 2. The second-order valence-corrected chi connectivity index (χ2v) is 5.78. The maximum Gasteiger partial charge on any atom is 0.257 e. The molecular weight excluding hydrogens is 254 g/mol. The summed E-state index contributed by atoms with van der Waals surface area (Å²) in [6.45, 7) is 1.60. The molecule has 1 aromatic rings. The van der Waals surface area contributed by atoms with Crippen LogP contribution >= 0.6 is 0 Å². The van der Waals surface area contributed by atoms with Crippen molar-refractivity contribution in [1.82, 2.24) is 4.90 Å². The summed E-state index contributed by atoms with van der Waals surface area (Å²) in [5, 5.41) is 0. The Morgan fingerprint density at radius 3 is 2.45 bits per heavy atom. The topological polar surface area (TPSA) is 50.5 Å². The summed E-state index contributed by atoms with van der Waals surface area (Å²) >= 11 is 0. The van der Waals surface area contributed by atoms with E-state index in [1.54, 1.807) is 0 Å². The van der Waals surface area contributed by atoms with Gasteiger partial charge in [0.05, 0.1) is 11.1 Å². The Balaban J connectivity index is 1.83. The minimum Gasteiger partial charge on any atom is -0.468 e. The van der Waals surface area contributed by atoms with Crippen LogP contribution < -0.4 is 0 Å². The van der Waals surface area contributed by atoms with Crippen LogP contribution in [0, 0.1) is 0 Å². The third-order valence-corrected chi connectivity index (χ3v) is 4.33. The summed E-state index contributed by atoms with van der Waals surface area (Å²) in [6, 6.07) is 0. The van der Waals surface area contributed by atoms with Crippen molar-refractivity contribution in [3.63, 3.8) is 0 Å². The molecular formula is C16H21NO3. The van der Waals surface area contributed by atoms with E-state index >= 15 is 0 Å². The largest absolute Gasteiger partial charge is 0.468 e. The number of hydrogen-bond acceptors (Lipinski definition) is 3. The summed E-state index contributed by atoms with van der Waals surface area (Å²) in [5.74, 6) is 0.749. The molecule has 20 heavy (non-hydrogen) atoms. The molecule has 3 rings (SSSR count). The number of likely N-dealkylation sites (tertiary alicyclic amines) is 1. The van der Waals surface area contributed by atoms with E-state index in [0.717, 1.165) is 38.8 Å². The van der Waals surface area contributed by atoms with Crippen molar-refractivity contribution in [1.29, 1.82) is 0 Å². The lowest BCUT2D eigenvalue weighted by atomic mass is 9.93. The van der Waals surface area contributed by atoms with E-state index in [1.165, 1.54) is 25.5 Å². The molecule has 0 unspecified atom stereocenters. The van der Waals surface area contributed by atoms with Gasteiger partial charge in [-0.25, -0.2) is 0 Å². The molecule has 4 nitrogen and oxygen atoms in total. The van der Waals surface area contributed by atoms with E-state index < -0.39 is 0 Å². The van der Waals surface area contributed by atoms with Crippen molar-refractivity contribution in [2.45, 2.75) is 51.4 Å². The smallest absolute Gasteiger partial charge is 0.257 e. The molecule has 2 heterocycles. The number of Topliss-reactive ketones (excluding diaryl/α,β-unsaturated/α-hetero) is 1. The molecule has 1 aliphatic carbocycles. The van der Waals surface area contributed by atoms with E-state index in [2.05, 4.69) is 0 Å². The average molecular weight is 275 g/mol. The van der Waals surface area contributed by atoms with Gasteiger partial charge in [0.15, 0.2) is 5.78 Å². The number of fused-ring (bicyclic) bond motifs is 1. The minimum atomic E-state index is -0.0212. The molecule has 0 atom stereocenters. The number of amides is 1. The van der Waals surface area contributed by atoms with Crippen LogP contribution in [0.3, 0.4) is 0 Å². The molecule has 0 aromatic carbocycles. The molecule has 0 spiro atoms. The molecule has 0 bridgehead atoms. The summed E-state index contributed by atoms with van der Waals surface area (Å²) in [5.41, 5.74) is 1.05. The fourth-order valence-electron chi connectivity index (χ4n) is 3.20. The fraction of sp³-hybridized carbons (Fsp3) is 0.625. The van der Waals surface area contributed by atoms with Gasteiger partial charge in [0.2, 0.25) is 0 Å². The first-order valence-electron chi connectivity index (χ1n) is 7.70. The zero-order valence-corrected chi connectivity index (χ0v) is 11.8. The van der Waals surface area contributed by atoms with Crippen molar-refractivity contribution in [3.05, 3.63) is 23.2 Å². The van der Waals surface area contributed by atoms with Crippen LogP contribution in [0.5, 0.6) is 0 Å². The van der Waals surface area contributed by atoms with E-state index in [1.807, 2.05) is 4.90 Å². The number of ketones is 1.